The maximum Gasteiger partial charge on any atom is 0.123 e. The van der Waals surface area contributed by atoms with E-state index in [0.717, 1.165) is 38.2 Å². The lowest BCUT2D eigenvalue weighted by Crippen LogP contribution is -2.37. The van der Waals surface area contributed by atoms with Gasteiger partial charge in [0, 0.05) is 31.4 Å². The molecule has 0 amide bonds. The van der Waals surface area contributed by atoms with Crippen LogP contribution in [-0.2, 0) is 6.54 Å². The molecule has 1 unspecified atom stereocenters. The van der Waals surface area contributed by atoms with Crippen molar-refractivity contribution < 1.29 is 4.39 Å². The third kappa shape index (κ3) is 3.21. The van der Waals surface area contributed by atoms with E-state index in [1.807, 2.05) is 0 Å². The van der Waals surface area contributed by atoms with Gasteiger partial charge in [0.05, 0.1) is 0 Å². The maximum absolute atomic E-state index is 13.3. The van der Waals surface area contributed by atoms with Gasteiger partial charge in [-0.2, -0.15) is 0 Å². The molecule has 0 spiro atoms. The summed E-state index contributed by atoms with van der Waals surface area (Å²) < 4.78 is 13.3. The average molecular weight is 251 g/mol. The van der Waals surface area contributed by atoms with Crippen LogP contribution in [0.3, 0.4) is 0 Å². The van der Waals surface area contributed by atoms with Crippen LogP contribution in [0.2, 0.25) is 0 Å². The molecule has 1 heterocycles. The molecule has 100 valence electrons. The zero-order chi connectivity index (χ0) is 13.1. The molecule has 2 rings (SSSR count). The zero-order valence-electron chi connectivity index (χ0n) is 11.2. The Hall–Kier alpha value is -1.13. The van der Waals surface area contributed by atoms with Gasteiger partial charge < -0.3 is 10.6 Å². The molecule has 18 heavy (non-hydrogen) atoms. The van der Waals surface area contributed by atoms with Crippen LogP contribution in [-0.4, -0.2) is 42.5 Å². The molecule has 4 heteroatoms. The summed E-state index contributed by atoms with van der Waals surface area (Å²) in [6, 6.07) is 5.09. The van der Waals surface area contributed by atoms with Crippen molar-refractivity contribution in [3.05, 3.63) is 29.6 Å². The van der Waals surface area contributed by atoms with E-state index in [-0.39, 0.29) is 5.82 Å². The maximum atomic E-state index is 13.3. The lowest BCUT2D eigenvalue weighted by atomic mass is 10.1. The number of hydrogen-bond donors (Lipinski definition) is 1. The van der Waals surface area contributed by atoms with Crippen molar-refractivity contribution in [2.45, 2.75) is 25.9 Å². The first-order chi connectivity index (χ1) is 8.56. The van der Waals surface area contributed by atoms with Gasteiger partial charge in [0.25, 0.3) is 0 Å². The summed E-state index contributed by atoms with van der Waals surface area (Å²) in [5.74, 6) is -0.209. The topological polar surface area (TPSA) is 32.5 Å². The number of anilines is 1. The fourth-order valence-corrected chi connectivity index (χ4v) is 2.59. The van der Waals surface area contributed by atoms with E-state index < -0.39 is 0 Å². The number of benzene rings is 1. The Morgan fingerprint density at radius 3 is 2.94 bits per heavy atom. The van der Waals surface area contributed by atoms with Crippen LogP contribution in [0.15, 0.2) is 18.2 Å². The highest BCUT2D eigenvalue weighted by atomic mass is 19.1. The third-order valence-electron chi connectivity index (χ3n) is 3.66. The molecule has 1 aromatic rings. The third-order valence-corrected chi connectivity index (χ3v) is 3.66. The molecule has 1 aromatic carbocycles. The molecule has 2 N–H and O–H groups in total. The van der Waals surface area contributed by atoms with Crippen molar-refractivity contribution in [1.82, 2.24) is 9.80 Å². The predicted molar refractivity (Wildman–Crippen MR) is 72.8 cm³/mol. The van der Waals surface area contributed by atoms with E-state index in [4.69, 9.17) is 5.73 Å². The highest BCUT2D eigenvalue weighted by Gasteiger charge is 2.20. The predicted octanol–water partition coefficient (Wildman–Crippen LogP) is 1.93. The minimum absolute atomic E-state index is 0.209. The van der Waals surface area contributed by atoms with Crippen molar-refractivity contribution in [3.63, 3.8) is 0 Å². The highest BCUT2D eigenvalue weighted by Crippen LogP contribution is 2.18. The van der Waals surface area contributed by atoms with E-state index in [0.29, 0.717) is 11.7 Å². The molecule has 0 aliphatic carbocycles. The number of halogens is 1. The minimum Gasteiger partial charge on any atom is -0.398 e. The molecule has 3 nitrogen and oxygen atoms in total. The van der Waals surface area contributed by atoms with Gasteiger partial charge >= 0.3 is 0 Å². The second-order valence-electron chi connectivity index (χ2n) is 5.28. The summed E-state index contributed by atoms with van der Waals surface area (Å²) in [6.45, 7) is 6.17. The minimum atomic E-state index is -0.209. The Kier molecular flexibility index (Phi) is 4.19. The van der Waals surface area contributed by atoms with E-state index in [1.165, 1.54) is 6.07 Å². The molecular formula is C14H22FN3. The average Bonchev–Trinajstić information content (AvgIpc) is 2.46. The van der Waals surface area contributed by atoms with Crippen molar-refractivity contribution in [1.29, 1.82) is 0 Å². The van der Waals surface area contributed by atoms with Crippen LogP contribution in [0.1, 0.15) is 18.9 Å². The lowest BCUT2D eigenvalue weighted by Gasteiger charge is -2.28. The van der Waals surface area contributed by atoms with Crippen LogP contribution >= 0.6 is 0 Å². The molecule has 0 bridgehead atoms. The van der Waals surface area contributed by atoms with Crippen LogP contribution < -0.4 is 5.73 Å². The largest absolute Gasteiger partial charge is 0.398 e. The van der Waals surface area contributed by atoms with Gasteiger partial charge in [-0.3, -0.25) is 4.90 Å². The summed E-state index contributed by atoms with van der Waals surface area (Å²) in [7, 11) is 2.15. The molecule has 0 aromatic heterocycles. The van der Waals surface area contributed by atoms with Crippen molar-refractivity contribution in [2.75, 3.05) is 32.4 Å². The Morgan fingerprint density at radius 2 is 2.17 bits per heavy atom. The van der Waals surface area contributed by atoms with Gasteiger partial charge in [-0.05, 0) is 50.7 Å². The summed E-state index contributed by atoms with van der Waals surface area (Å²) >= 11 is 0. The van der Waals surface area contributed by atoms with Crippen LogP contribution in [0, 0.1) is 5.82 Å². The first kappa shape index (κ1) is 13.3. The summed E-state index contributed by atoms with van der Waals surface area (Å²) in [5.41, 5.74) is 7.49. The number of nitrogens with two attached hydrogens (primary N) is 1. The summed E-state index contributed by atoms with van der Waals surface area (Å²) in [6.07, 6.45) is 1.15. The summed E-state index contributed by atoms with van der Waals surface area (Å²) in [4.78, 5) is 4.73. The van der Waals surface area contributed by atoms with E-state index in [9.17, 15) is 4.39 Å². The normalized spacial score (nSPS) is 22.9. The smallest absolute Gasteiger partial charge is 0.123 e. The Morgan fingerprint density at radius 1 is 1.39 bits per heavy atom. The van der Waals surface area contributed by atoms with E-state index in [1.54, 1.807) is 12.1 Å². The van der Waals surface area contributed by atoms with Crippen molar-refractivity contribution in [3.8, 4) is 0 Å². The Balaban J connectivity index is 2.09. The quantitative estimate of drug-likeness (QED) is 0.815. The fraction of sp³-hybridized carbons (Fsp3) is 0.571. The molecule has 1 aliphatic rings. The van der Waals surface area contributed by atoms with Crippen molar-refractivity contribution >= 4 is 5.69 Å². The fourth-order valence-electron chi connectivity index (χ4n) is 2.59. The van der Waals surface area contributed by atoms with Crippen LogP contribution in [0.25, 0.3) is 0 Å². The molecule has 1 fully saturated rings. The first-order valence-corrected chi connectivity index (χ1v) is 6.53. The first-order valence-electron chi connectivity index (χ1n) is 6.53. The van der Waals surface area contributed by atoms with Gasteiger partial charge in [0.1, 0.15) is 5.82 Å². The Labute approximate surface area is 108 Å². The molecule has 0 radical (unpaired) electrons. The second-order valence-corrected chi connectivity index (χ2v) is 5.28. The molecule has 1 saturated heterocycles. The van der Waals surface area contributed by atoms with Gasteiger partial charge in [-0.15, -0.1) is 0 Å². The van der Waals surface area contributed by atoms with E-state index in [2.05, 4.69) is 23.8 Å². The molecule has 1 aliphatic heterocycles. The second kappa shape index (κ2) is 5.67. The van der Waals surface area contributed by atoms with Gasteiger partial charge in [0.2, 0.25) is 0 Å². The Bertz CT molecular complexity index is 408. The SMILES string of the molecule is CC1CN(C)CCCN1Cc1cc(F)ccc1N. The molecular weight excluding hydrogens is 229 g/mol. The van der Waals surface area contributed by atoms with Gasteiger partial charge in [-0.25, -0.2) is 4.39 Å². The number of nitrogen functional groups attached to an aromatic ring is 1. The van der Waals surface area contributed by atoms with Gasteiger partial charge in [0.15, 0.2) is 0 Å². The highest BCUT2D eigenvalue weighted by molar-refractivity contribution is 5.46. The summed E-state index contributed by atoms with van der Waals surface area (Å²) in [5, 5.41) is 0. The number of likely N-dealkylation sites (N-methyl/N-ethyl adjacent to an activating group) is 1. The number of hydrogen-bond acceptors (Lipinski definition) is 3. The standard InChI is InChI=1S/C14H22FN3/c1-11-9-17(2)6-3-7-18(11)10-12-8-13(15)4-5-14(12)16/h4-5,8,11H,3,6-7,9-10,16H2,1-2H3. The van der Waals surface area contributed by atoms with Crippen molar-refractivity contribution in [2.24, 2.45) is 0 Å². The van der Waals surface area contributed by atoms with E-state index >= 15 is 0 Å². The zero-order valence-corrected chi connectivity index (χ0v) is 11.2. The van der Waals surface area contributed by atoms with Crippen LogP contribution in [0.4, 0.5) is 10.1 Å². The number of nitrogens with zero attached hydrogens (tertiary/aromatic N) is 2. The monoisotopic (exact) mass is 251 g/mol. The van der Waals surface area contributed by atoms with Crippen LogP contribution in [0.5, 0.6) is 0 Å². The molecule has 0 saturated carbocycles. The number of rotatable bonds is 2. The lowest BCUT2D eigenvalue weighted by molar-refractivity contribution is 0.195. The molecule has 1 atom stereocenters. The van der Waals surface area contributed by atoms with Gasteiger partial charge in [-0.1, -0.05) is 0 Å².